The Kier molecular flexibility index (Phi) is 1.46. The third-order valence-corrected chi connectivity index (χ3v) is 2.96. The summed E-state index contributed by atoms with van der Waals surface area (Å²) in [7, 11) is 2.23. The van der Waals surface area contributed by atoms with Gasteiger partial charge in [-0.2, -0.15) is 0 Å². The van der Waals surface area contributed by atoms with Crippen LogP contribution in [-0.4, -0.2) is 42.6 Å². The van der Waals surface area contributed by atoms with Gasteiger partial charge in [-0.3, -0.25) is 9.80 Å². The third kappa shape index (κ3) is 0.722. The zero-order valence-electron chi connectivity index (χ0n) is 6.88. The van der Waals surface area contributed by atoms with Crippen LogP contribution in [0.5, 0.6) is 0 Å². The fraction of sp³-hybridized carbons (Fsp3) is 1.00. The zero-order chi connectivity index (χ0) is 7.14. The predicted molar refractivity (Wildman–Crippen MR) is 41.8 cm³/mol. The number of hydrogen-bond donors (Lipinski definition) is 0. The summed E-state index contributed by atoms with van der Waals surface area (Å²) in [6.45, 7) is 6.15. The van der Waals surface area contributed by atoms with E-state index in [0.29, 0.717) is 0 Å². The summed E-state index contributed by atoms with van der Waals surface area (Å²) >= 11 is 0. The molecule has 2 atom stereocenters. The van der Waals surface area contributed by atoms with Gasteiger partial charge in [-0.05, 0) is 20.0 Å². The molecule has 2 rings (SSSR count). The third-order valence-electron chi connectivity index (χ3n) is 2.96. The van der Waals surface area contributed by atoms with E-state index in [1.54, 1.807) is 0 Å². The molecule has 0 aromatic rings. The van der Waals surface area contributed by atoms with Crippen molar-refractivity contribution >= 4 is 0 Å². The molecule has 58 valence electrons. The number of likely N-dealkylation sites (tertiary alicyclic amines) is 2. The Morgan fingerprint density at radius 1 is 1.50 bits per heavy atom. The van der Waals surface area contributed by atoms with Crippen LogP contribution in [0.3, 0.4) is 0 Å². The van der Waals surface area contributed by atoms with Crippen LogP contribution in [0.15, 0.2) is 0 Å². The van der Waals surface area contributed by atoms with Crippen molar-refractivity contribution in [2.45, 2.75) is 19.5 Å². The first-order valence-electron chi connectivity index (χ1n) is 4.27. The van der Waals surface area contributed by atoms with Gasteiger partial charge in [0.2, 0.25) is 0 Å². The highest BCUT2D eigenvalue weighted by Crippen LogP contribution is 2.34. The number of rotatable bonds is 1. The van der Waals surface area contributed by atoms with Crippen molar-refractivity contribution in [3.8, 4) is 0 Å². The molecule has 0 N–H and O–H groups in total. The smallest absolute Gasteiger partial charge is 0.0661 e. The molecule has 2 unspecified atom stereocenters. The fourth-order valence-corrected chi connectivity index (χ4v) is 2.42. The van der Waals surface area contributed by atoms with Crippen molar-refractivity contribution < 1.29 is 0 Å². The molecule has 10 heavy (non-hydrogen) atoms. The Morgan fingerprint density at radius 2 is 2.30 bits per heavy atom. The maximum absolute atomic E-state index is 2.58. The molecule has 0 bridgehead atoms. The maximum Gasteiger partial charge on any atom is 0.0661 e. The van der Waals surface area contributed by atoms with E-state index >= 15 is 0 Å². The van der Waals surface area contributed by atoms with Gasteiger partial charge in [-0.25, -0.2) is 0 Å². The van der Waals surface area contributed by atoms with Gasteiger partial charge in [-0.15, -0.1) is 0 Å². The Morgan fingerprint density at radius 3 is 2.80 bits per heavy atom. The topological polar surface area (TPSA) is 6.48 Å². The van der Waals surface area contributed by atoms with Gasteiger partial charge < -0.3 is 0 Å². The molecule has 0 aromatic carbocycles. The van der Waals surface area contributed by atoms with Gasteiger partial charge in [0.05, 0.1) is 6.17 Å². The quantitative estimate of drug-likeness (QED) is 0.526. The van der Waals surface area contributed by atoms with Crippen LogP contribution in [0.4, 0.5) is 0 Å². The summed E-state index contributed by atoms with van der Waals surface area (Å²) in [6, 6.07) is 0. The second-order valence-corrected chi connectivity index (χ2v) is 3.53. The van der Waals surface area contributed by atoms with E-state index in [9.17, 15) is 0 Å². The van der Waals surface area contributed by atoms with Crippen molar-refractivity contribution in [3.05, 3.63) is 0 Å². The molecule has 2 aliphatic rings. The van der Waals surface area contributed by atoms with E-state index in [1.165, 1.54) is 26.1 Å². The summed E-state index contributed by atoms with van der Waals surface area (Å²) in [5.74, 6) is 1.00. The molecule has 2 heteroatoms. The Hall–Kier alpha value is -0.0800. The fourth-order valence-electron chi connectivity index (χ4n) is 2.42. The SMILES string of the molecule is CCN1CCC2CN(C)C21. The molecular formula is C8H16N2. The average Bonchev–Trinajstić information content (AvgIpc) is 2.25. The lowest BCUT2D eigenvalue weighted by Crippen LogP contribution is -2.57. The lowest BCUT2D eigenvalue weighted by atomic mass is 9.96. The molecule has 2 saturated heterocycles. The highest BCUT2D eigenvalue weighted by molar-refractivity contribution is 4.94. The van der Waals surface area contributed by atoms with Gasteiger partial charge in [0.15, 0.2) is 0 Å². The first kappa shape index (κ1) is 6.62. The van der Waals surface area contributed by atoms with Crippen LogP contribution in [0.25, 0.3) is 0 Å². The molecule has 2 nitrogen and oxygen atoms in total. The van der Waals surface area contributed by atoms with E-state index in [1.807, 2.05) is 0 Å². The number of hydrogen-bond acceptors (Lipinski definition) is 2. The molecule has 0 amide bonds. The van der Waals surface area contributed by atoms with Crippen LogP contribution in [0.1, 0.15) is 13.3 Å². The summed E-state index contributed by atoms with van der Waals surface area (Å²) in [5, 5.41) is 0. The van der Waals surface area contributed by atoms with Gasteiger partial charge in [0.1, 0.15) is 0 Å². The highest BCUT2D eigenvalue weighted by atomic mass is 15.4. The van der Waals surface area contributed by atoms with E-state index in [2.05, 4.69) is 23.8 Å². The van der Waals surface area contributed by atoms with Crippen LogP contribution in [-0.2, 0) is 0 Å². The van der Waals surface area contributed by atoms with Crippen LogP contribution < -0.4 is 0 Å². The molecule has 2 heterocycles. The maximum atomic E-state index is 2.58. The molecule has 0 saturated carbocycles. The lowest BCUT2D eigenvalue weighted by molar-refractivity contribution is -0.0196. The van der Waals surface area contributed by atoms with E-state index in [0.717, 1.165) is 12.1 Å². The average molecular weight is 140 g/mol. The summed E-state index contributed by atoms with van der Waals surface area (Å²) < 4.78 is 0. The minimum absolute atomic E-state index is 0.810. The van der Waals surface area contributed by atoms with Gasteiger partial charge in [0, 0.05) is 19.0 Å². The summed E-state index contributed by atoms with van der Waals surface area (Å²) in [6.07, 6.45) is 2.24. The van der Waals surface area contributed by atoms with Crippen LogP contribution in [0.2, 0.25) is 0 Å². The van der Waals surface area contributed by atoms with Gasteiger partial charge in [-0.1, -0.05) is 6.92 Å². The molecule has 0 spiro atoms. The monoisotopic (exact) mass is 140 g/mol. The molecular weight excluding hydrogens is 124 g/mol. The Bertz CT molecular complexity index is 135. The van der Waals surface area contributed by atoms with Crippen molar-refractivity contribution in [2.75, 3.05) is 26.7 Å². The minimum atomic E-state index is 0.810. The largest absolute Gasteiger partial charge is 0.290 e. The van der Waals surface area contributed by atoms with Crippen molar-refractivity contribution in [1.29, 1.82) is 0 Å². The van der Waals surface area contributed by atoms with E-state index < -0.39 is 0 Å². The van der Waals surface area contributed by atoms with Gasteiger partial charge in [0.25, 0.3) is 0 Å². The lowest BCUT2D eigenvalue weighted by Gasteiger charge is -2.45. The molecule has 2 aliphatic heterocycles. The first-order valence-corrected chi connectivity index (χ1v) is 4.27. The van der Waals surface area contributed by atoms with Crippen molar-refractivity contribution in [2.24, 2.45) is 5.92 Å². The Balaban J connectivity index is 2.01. The zero-order valence-corrected chi connectivity index (χ0v) is 6.88. The van der Waals surface area contributed by atoms with Crippen molar-refractivity contribution in [3.63, 3.8) is 0 Å². The second-order valence-electron chi connectivity index (χ2n) is 3.53. The Labute approximate surface area is 62.8 Å². The van der Waals surface area contributed by atoms with Gasteiger partial charge >= 0.3 is 0 Å². The van der Waals surface area contributed by atoms with Crippen LogP contribution >= 0.6 is 0 Å². The van der Waals surface area contributed by atoms with Crippen molar-refractivity contribution in [1.82, 2.24) is 9.80 Å². The standard InChI is InChI=1S/C8H16N2/c1-3-10-5-4-7-6-9(2)8(7)10/h7-8H,3-6H2,1-2H3. The molecule has 0 radical (unpaired) electrons. The minimum Gasteiger partial charge on any atom is -0.290 e. The van der Waals surface area contributed by atoms with E-state index in [-0.39, 0.29) is 0 Å². The molecule has 0 aromatic heterocycles. The van der Waals surface area contributed by atoms with E-state index in [4.69, 9.17) is 0 Å². The highest BCUT2D eigenvalue weighted by Gasteiger charge is 2.43. The number of nitrogens with zero attached hydrogens (tertiary/aromatic N) is 2. The number of fused-ring (bicyclic) bond motifs is 1. The summed E-state index contributed by atoms with van der Waals surface area (Å²) in [5.41, 5.74) is 0. The molecule has 2 fully saturated rings. The summed E-state index contributed by atoms with van der Waals surface area (Å²) in [4.78, 5) is 5.04. The first-order chi connectivity index (χ1) is 4.83. The second kappa shape index (κ2) is 2.21. The predicted octanol–water partition coefficient (Wildman–Crippen LogP) is 0.600. The van der Waals surface area contributed by atoms with Crippen LogP contribution in [0, 0.1) is 5.92 Å². The normalized spacial score (nSPS) is 41.4. The molecule has 0 aliphatic carbocycles.